The zero-order chi connectivity index (χ0) is 27.2. The summed E-state index contributed by atoms with van der Waals surface area (Å²) in [6.45, 7) is 6.24. The van der Waals surface area contributed by atoms with Crippen LogP contribution in [0.25, 0.3) is 11.3 Å². The molecule has 8 heteroatoms. The molecule has 1 amide bonds. The van der Waals surface area contributed by atoms with Crippen LogP contribution < -0.4 is 10.6 Å². The van der Waals surface area contributed by atoms with Crippen molar-refractivity contribution >= 4 is 29.3 Å². The van der Waals surface area contributed by atoms with Crippen LogP contribution in [0, 0.1) is 13.8 Å². The van der Waals surface area contributed by atoms with Gasteiger partial charge in [0.05, 0.1) is 6.54 Å². The Morgan fingerprint density at radius 1 is 1.05 bits per heavy atom. The number of pyridine rings is 1. The van der Waals surface area contributed by atoms with E-state index in [4.69, 9.17) is 16.0 Å². The van der Waals surface area contributed by atoms with E-state index >= 15 is 0 Å². The highest BCUT2D eigenvalue weighted by molar-refractivity contribution is 6.30. The number of hydrogen-bond acceptors (Lipinski definition) is 5. The topological polar surface area (TPSA) is 104 Å². The molecular weight excluding hydrogens is 502 g/mol. The van der Waals surface area contributed by atoms with E-state index in [9.17, 15) is 14.7 Å². The Balaban J connectivity index is 1.41. The molecule has 0 radical (unpaired) electrons. The Morgan fingerprint density at radius 2 is 1.82 bits per heavy atom. The van der Waals surface area contributed by atoms with E-state index in [1.807, 2.05) is 62.4 Å². The number of hydrogen-bond donors (Lipinski definition) is 3. The molecule has 196 valence electrons. The van der Waals surface area contributed by atoms with Crippen molar-refractivity contribution in [1.29, 1.82) is 0 Å². The van der Waals surface area contributed by atoms with Crippen molar-refractivity contribution in [3.8, 4) is 11.3 Å². The molecule has 1 unspecified atom stereocenters. The lowest BCUT2D eigenvalue weighted by atomic mass is 9.98. The van der Waals surface area contributed by atoms with Crippen molar-refractivity contribution in [3.05, 3.63) is 105 Å². The van der Waals surface area contributed by atoms with Crippen LogP contribution in [0.5, 0.6) is 0 Å². The number of carboxylic acids is 1. The summed E-state index contributed by atoms with van der Waals surface area (Å²) in [5, 5.41) is 16.3. The van der Waals surface area contributed by atoms with Gasteiger partial charge in [-0.2, -0.15) is 0 Å². The Kier molecular flexibility index (Phi) is 8.48. The molecule has 0 aliphatic carbocycles. The van der Waals surface area contributed by atoms with Gasteiger partial charge in [0.2, 0.25) is 0 Å². The summed E-state index contributed by atoms with van der Waals surface area (Å²) in [7, 11) is 0. The van der Waals surface area contributed by atoms with Gasteiger partial charge in [-0.15, -0.1) is 0 Å². The van der Waals surface area contributed by atoms with Crippen molar-refractivity contribution in [2.24, 2.45) is 0 Å². The van der Waals surface area contributed by atoms with Crippen molar-refractivity contribution < 1.29 is 19.1 Å². The van der Waals surface area contributed by atoms with Crippen LogP contribution in [0.4, 0.5) is 5.82 Å². The van der Waals surface area contributed by atoms with E-state index in [-0.39, 0.29) is 6.42 Å². The number of anilines is 1. The molecule has 3 N–H and O–H groups in total. The van der Waals surface area contributed by atoms with Crippen molar-refractivity contribution in [1.82, 2.24) is 10.3 Å². The number of nitrogens with one attached hydrogen (secondary N) is 2. The summed E-state index contributed by atoms with van der Waals surface area (Å²) < 4.78 is 5.97. The molecule has 0 spiro atoms. The van der Waals surface area contributed by atoms with Gasteiger partial charge in [0.1, 0.15) is 23.4 Å². The standard InChI is InChI=1S/C30H30ClN3O4/c1-4-21-16-23(31)14-19(3)28(21)29(35)34-25(30(36)37)15-20-5-7-22(8-6-20)26-10-9-24(38-26)17-33-27-13-18(2)11-12-32-27/h5-14,16,25H,4,15,17H2,1-3H3,(H,32,33)(H,34,35)(H,36,37). The number of furan rings is 1. The Morgan fingerprint density at radius 3 is 2.50 bits per heavy atom. The fourth-order valence-electron chi connectivity index (χ4n) is 4.33. The predicted octanol–water partition coefficient (Wildman–Crippen LogP) is 6.21. The minimum absolute atomic E-state index is 0.145. The summed E-state index contributed by atoms with van der Waals surface area (Å²) in [5.41, 5.74) is 4.74. The van der Waals surface area contributed by atoms with Crippen LogP contribution in [0.1, 0.15) is 45.3 Å². The first-order chi connectivity index (χ1) is 18.2. The maximum atomic E-state index is 13.0. The van der Waals surface area contributed by atoms with Crippen LogP contribution in [-0.4, -0.2) is 28.0 Å². The Bertz CT molecular complexity index is 1450. The Hall–Kier alpha value is -4.10. The van der Waals surface area contributed by atoms with Gasteiger partial charge in [0, 0.05) is 28.8 Å². The highest BCUT2D eigenvalue weighted by atomic mass is 35.5. The largest absolute Gasteiger partial charge is 0.480 e. The molecule has 1 atom stereocenters. The van der Waals surface area contributed by atoms with Gasteiger partial charge < -0.3 is 20.2 Å². The van der Waals surface area contributed by atoms with Crippen LogP contribution in [0.2, 0.25) is 5.02 Å². The Labute approximate surface area is 226 Å². The average Bonchev–Trinajstić information content (AvgIpc) is 3.36. The number of nitrogens with zero attached hydrogens (tertiary/aromatic N) is 1. The molecule has 0 aliphatic heterocycles. The molecule has 2 aromatic heterocycles. The van der Waals surface area contributed by atoms with Crippen LogP contribution >= 0.6 is 11.6 Å². The molecule has 2 heterocycles. The lowest BCUT2D eigenvalue weighted by Crippen LogP contribution is -2.42. The quantitative estimate of drug-likeness (QED) is 0.225. The first kappa shape index (κ1) is 26.9. The van der Waals surface area contributed by atoms with Crippen molar-refractivity contribution in [2.75, 3.05) is 5.32 Å². The number of amides is 1. The summed E-state index contributed by atoms with van der Waals surface area (Å²) in [5.74, 6) is 0.740. The first-order valence-corrected chi connectivity index (χ1v) is 12.8. The number of carboxylic acid groups (broad SMARTS) is 1. The zero-order valence-electron chi connectivity index (χ0n) is 21.5. The fourth-order valence-corrected chi connectivity index (χ4v) is 4.62. The van der Waals surface area contributed by atoms with Crippen LogP contribution in [0.3, 0.4) is 0 Å². The van der Waals surface area contributed by atoms with Crippen molar-refractivity contribution in [2.45, 2.75) is 46.2 Å². The number of carbonyl (C=O) groups is 2. The number of aromatic nitrogens is 1. The number of aryl methyl sites for hydroxylation is 3. The van der Waals surface area contributed by atoms with Gasteiger partial charge in [-0.05, 0) is 78.9 Å². The maximum Gasteiger partial charge on any atom is 0.326 e. The zero-order valence-corrected chi connectivity index (χ0v) is 22.3. The monoisotopic (exact) mass is 531 g/mol. The third-order valence-electron chi connectivity index (χ3n) is 6.29. The van der Waals surface area contributed by atoms with Crippen molar-refractivity contribution in [3.63, 3.8) is 0 Å². The van der Waals surface area contributed by atoms with E-state index < -0.39 is 17.9 Å². The molecule has 38 heavy (non-hydrogen) atoms. The van der Waals surface area contributed by atoms with E-state index in [0.29, 0.717) is 34.9 Å². The molecule has 2 aromatic carbocycles. The third-order valence-corrected chi connectivity index (χ3v) is 6.51. The van der Waals surface area contributed by atoms with E-state index in [1.165, 1.54) is 0 Å². The van der Waals surface area contributed by atoms with Gasteiger partial charge in [0.15, 0.2) is 0 Å². The number of benzene rings is 2. The number of halogens is 1. The molecule has 0 bridgehead atoms. The smallest absolute Gasteiger partial charge is 0.326 e. The normalized spacial score (nSPS) is 11.7. The lowest BCUT2D eigenvalue weighted by Gasteiger charge is -2.18. The van der Waals surface area contributed by atoms with E-state index in [0.717, 1.165) is 33.8 Å². The highest BCUT2D eigenvalue weighted by Crippen LogP contribution is 2.24. The van der Waals surface area contributed by atoms with E-state index in [1.54, 1.807) is 25.3 Å². The second kappa shape index (κ2) is 12.0. The number of carbonyl (C=O) groups excluding carboxylic acids is 1. The van der Waals surface area contributed by atoms with Gasteiger partial charge in [-0.25, -0.2) is 9.78 Å². The molecule has 0 aliphatic rings. The van der Waals surface area contributed by atoms with Crippen LogP contribution in [-0.2, 0) is 24.2 Å². The third kappa shape index (κ3) is 6.61. The molecule has 0 saturated heterocycles. The van der Waals surface area contributed by atoms with Gasteiger partial charge >= 0.3 is 5.97 Å². The summed E-state index contributed by atoms with van der Waals surface area (Å²) in [6, 6.07) is 17.5. The van der Waals surface area contributed by atoms with Gasteiger partial charge in [0.25, 0.3) is 5.91 Å². The van der Waals surface area contributed by atoms with Gasteiger partial charge in [-0.3, -0.25) is 4.79 Å². The number of aliphatic carboxylic acids is 1. The maximum absolute atomic E-state index is 13.0. The van der Waals surface area contributed by atoms with Gasteiger partial charge in [-0.1, -0.05) is 42.8 Å². The molecule has 7 nitrogen and oxygen atoms in total. The first-order valence-electron chi connectivity index (χ1n) is 12.4. The van der Waals surface area contributed by atoms with E-state index in [2.05, 4.69) is 15.6 Å². The molecule has 0 fully saturated rings. The molecule has 4 aromatic rings. The summed E-state index contributed by atoms with van der Waals surface area (Å²) in [4.78, 5) is 29.3. The minimum Gasteiger partial charge on any atom is -0.480 e. The number of rotatable bonds is 10. The van der Waals surface area contributed by atoms with Crippen LogP contribution in [0.15, 0.2) is 71.3 Å². The second-order valence-electron chi connectivity index (χ2n) is 9.21. The lowest BCUT2D eigenvalue weighted by molar-refractivity contribution is -0.139. The molecule has 4 rings (SSSR count). The SMILES string of the molecule is CCc1cc(Cl)cc(C)c1C(=O)NC(Cc1ccc(-c2ccc(CNc3cc(C)ccn3)o2)cc1)C(=O)O. The summed E-state index contributed by atoms with van der Waals surface area (Å²) in [6.07, 6.45) is 2.51. The second-order valence-corrected chi connectivity index (χ2v) is 9.65. The fraction of sp³-hybridized carbons (Fsp3) is 0.233. The highest BCUT2D eigenvalue weighted by Gasteiger charge is 2.23. The predicted molar refractivity (Wildman–Crippen MR) is 149 cm³/mol. The summed E-state index contributed by atoms with van der Waals surface area (Å²) >= 11 is 6.14. The molecular formula is C30H30ClN3O4. The molecule has 0 saturated carbocycles. The average molecular weight is 532 g/mol. The minimum atomic E-state index is -1.10.